The highest BCUT2D eigenvalue weighted by molar-refractivity contribution is 7.90. The molecule has 1 rings (SSSR count). The molecule has 0 aliphatic heterocycles. The molecule has 0 fully saturated rings. The zero-order valence-corrected chi connectivity index (χ0v) is 10.7. The van der Waals surface area contributed by atoms with Crippen molar-refractivity contribution in [3.05, 3.63) is 16.1 Å². The summed E-state index contributed by atoms with van der Waals surface area (Å²) in [7, 11) is -3.55. The maximum atomic E-state index is 11.6. The molecule has 0 spiro atoms. The van der Waals surface area contributed by atoms with Crippen LogP contribution >= 0.6 is 11.3 Å². The Balaban J connectivity index is 2.69. The lowest BCUT2D eigenvalue weighted by atomic mass is 10.4. The Morgan fingerprint density at radius 3 is 2.81 bits per heavy atom. The molecule has 0 radical (unpaired) electrons. The third kappa shape index (κ3) is 3.01. The van der Waals surface area contributed by atoms with Gasteiger partial charge in [-0.05, 0) is 13.3 Å². The number of hydrogen-bond donors (Lipinski definition) is 1. The van der Waals surface area contributed by atoms with Gasteiger partial charge in [0.2, 0.25) is 10.0 Å². The minimum atomic E-state index is -3.55. The molecule has 5 nitrogen and oxygen atoms in total. The fourth-order valence-electron chi connectivity index (χ4n) is 1.14. The van der Waals surface area contributed by atoms with Crippen molar-refractivity contribution in [1.29, 1.82) is 5.26 Å². The van der Waals surface area contributed by atoms with Gasteiger partial charge in [-0.2, -0.15) is 5.26 Å². The van der Waals surface area contributed by atoms with Crippen molar-refractivity contribution in [2.75, 3.05) is 0 Å². The quantitative estimate of drug-likeness (QED) is 0.860. The Bertz CT molecular complexity index is 487. The third-order valence-electron chi connectivity index (χ3n) is 2.17. The second kappa shape index (κ2) is 5.39. The number of nitrogens with one attached hydrogen (secondary N) is 1. The number of rotatable bonds is 5. The molecule has 7 heteroatoms. The summed E-state index contributed by atoms with van der Waals surface area (Å²) >= 11 is 1.40. The van der Waals surface area contributed by atoms with Crippen molar-refractivity contribution in [2.24, 2.45) is 0 Å². The molecule has 1 heterocycles. The summed E-state index contributed by atoms with van der Waals surface area (Å²) < 4.78 is 25.7. The van der Waals surface area contributed by atoms with E-state index >= 15 is 0 Å². The highest BCUT2D eigenvalue weighted by Crippen LogP contribution is 2.12. The van der Waals surface area contributed by atoms with Gasteiger partial charge in [-0.15, -0.1) is 11.3 Å². The van der Waals surface area contributed by atoms with Crippen LogP contribution in [0.1, 0.15) is 23.9 Å². The van der Waals surface area contributed by atoms with E-state index in [4.69, 9.17) is 5.26 Å². The van der Waals surface area contributed by atoms with E-state index in [9.17, 15) is 8.42 Å². The Hall–Kier alpha value is -0.970. The first-order valence-electron chi connectivity index (χ1n) is 4.78. The Morgan fingerprint density at radius 2 is 2.38 bits per heavy atom. The molecular formula is C9H13N3O2S2. The molecule has 0 bridgehead atoms. The van der Waals surface area contributed by atoms with Crippen molar-refractivity contribution >= 4 is 21.4 Å². The summed E-state index contributed by atoms with van der Waals surface area (Å²) in [6, 6.07) is 1.77. The molecule has 0 aliphatic rings. The van der Waals surface area contributed by atoms with Gasteiger partial charge in [0.1, 0.15) is 0 Å². The van der Waals surface area contributed by atoms with Gasteiger partial charge in [-0.25, -0.2) is 18.1 Å². The molecule has 0 aliphatic carbocycles. The van der Waals surface area contributed by atoms with Crippen LogP contribution in [0.15, 0.2) is 5.51 Å². The second-order valence-electron chi connectivity index (χ2n) is 3.25. The van der Waals surface area contributed by atoms with Gasteiger partial charge in [0.15, 0.2) is 5.25 Å². The molecule has 0 saturated carbocycles. The number of thiazole rings is 1. The average molecular weight is 259 g/mol. The number of aromatic nitrogens is 1. The first-order chi connectivity index (χ1) is 7.51. The van der Waals surface area contributed by atoms with Crippen molar-refractivity contribution in [3.63, 3.8) is 0 Å². The van der Waals surface area contributed by atoms with Crippen LogP contribution in [0.4, 0.5) is 0 Å². The maximum Gasteiger partial charge on any atom is 0.228 e. The molecule has 1 atom stereocenters. The van der Waals surface area contributed by atoms with Crippen LogP contribution in [-0.4, -0.2) is 18.7 Å². The lowest BCUT2D eigenvalue weighted by Crippen LogP contribution is -2.32. The largest absolute Gasteiger partial charge is 0.250 e. The number of nitriles is 1. The second-order valence-corrected chi connectivity index (χ2v) is 6.14. The Labute approximate surface area is 99.2 Å². The van der Waals surface area contributed by atoms with Crippen LogP contribution in [0.2, 0.25) is 0 Å². The molecule has 0 saturated heterocycles. The van der Waals surface area contributed by atoms with E-state index < -0.39 is 15.3 Å². The fraction of sp³-hybridized carbons (Fsp3) is 0.556. The lowest BCUT2D eigenvalue weighted by Gasteiger charge is -2.09. The first kappa shape index (κ1) is 13.1. The molecule has 1 aromatic heterocycles. The van der Waals surface area contributed by atoms with Gasteiger partial charge in [0.25, 0.3) is 0 Å². The molecule has 1 N–H and O–H groups in total. The summed E-state index contributed by atoms with van der Waals surface area (Å²) in [6.45, 7) is 3.70. The highest BCUT2D eigenvalue weighted by Gasteiger charge is 2.23. The van der Waals surface area contributed by atoms with Gasteiger partial charge in [0.05, 0.1) is 17.3 Å². The van der Waals surface area contributed by atoms with Crippen LogP contribution in [0.25, 0.3) is 0 Å². The van der Waals surface area contributed by atoms with Crippen LogP contribution < -0.4 is 4.72 Å². The summed E-state index contributed by atoms with van der Waals surface area (Å²) in [6.07, 6.45) is 0.285. The maximum absolute atomic E-state index is 11.6. The summed E-state index contributed by atoms with van der Waals surface area (Å²) in [5.41, 5.74) is 2.48. The van der Waals surface area contributed by atoms with E-state index in [1.807, 2.05) is 6.92 Å². The minimum absolute atomic E-state index is 0.205. The lowest BCUT2D eigenvalue weighted by molar-refractivity contribution is 0.572. The van der Waals surface area contributed by atoms with Gasteiger partial charge >= 0.3 is 0 Å². The smallest absolute Gasteiger partial charge is 0.228 e. The van der Waals surface area contributed by atoms with Crippen LogP contribution in [0, 0.1) is 18.3 Å². The molecule has 0 aromatic carbocycles. The van der Waals surface area contributed by atoms with Gasteiger partial charge < -0.3 is 0 Å². The Morgan fingerprint density at radius 1 is 1.69 bits per heavy atom. The number of aryl methyl sites for hydroxylation is 1. The number of nitrogens with zero attached hydrogens (tertiary/aromatic N) is 2. The predicted octanol–water partition coefficient (Wildman–Crippen LogP) is 1.17. The SMILES string of the molecule is CCC(C#N)S(=O)(=O)NCc1scnc1C. The normalized spacial score (nSPS) is 13.3. The van der Waals surface area contributed by atoms with E-state index in [1.54, 1.807) is 18.5 Å². The molecule has 1 aromatic rings. The molecule has 1 unspecified atom stereocenters. The fourth-order valence-corrected chi connectivity index (χ4v) is 3.08. The first-order valence-corrected chi connectivity index (χ1v) is 7.21. The van der Waals surface area contributed by atoms with Gasteiger partial charge in [-0.3, -0.25) is 0 Å². The van der Waals surface area contributed by atoms with Gasteiger partial charge in [0, 0.05) is 11.4 Å². The van der Waals surface area contributed by atoms with Gasteiger partial charge in [-0.1, -0.05) is 6.92 Å². The van der Waals surface area contributed by atoms with Crippen molar-refractivity contribution in [3.8, 4) is 6.07 Å². The van der Waals surface area contributed by atoms with Crippen LogP contribution in [0.3, 0.4) is 0 Å². The summed E-state index contributed by atoms with van der Waals surface area (Å²) in [5.74, 6) is 0. The van der Waals surface area contributed by atoms with Crippen molar-refractivity contribution < 1.29 is 8.42 Å². The molecule has 88 valence electrons. The van der Waals surface area contributed by atoms with E-state index in [0.29, 0.717) is 0 Å². The zero-order chi connectivity index (χ0) is 12.2. The monoisotopic (exact) mass is 259 g/mol. The third-order valence-corrected chi connectivity index (χ3v) is 4.84. The highest BCUT2D eigenvalue weighted by atomic mass is 32.2. The van der Waals surface area contributed by atoms with Crippen molar-refractivity contribution in [2.45, 2.75) is 32.1 Å². The van der Waals surface area contributed by atoms with E-state index in [2.05, 4.69) is 9.71 Å². The van der Waals surface area contributed by atoms with E-state index in [-0.39, 0.29) is 13.0 Å². The van der Waals surface area contributed by atoms with Crippen molar-refractivity contribution in [1.82, 2.24) is 9.71 Å². The Kier molecular flexibility index (Phi) is 4.41. The summed E-state index contributed by atoms with van der Waals surface area (Å²) in [4.78, 5) is 4.89. The standard InChI is InChI=1S/C9H13N3O2S2/c1-3-8(4-10)16(13,14)12-5-9-7(2)11-6-15-9/h6,8,12H,3,5H2,1-2H3. The zero-order valence-electron chi connectivity index (χ0n) is 9.10. The number of hydrogen-bond acceptors (Lipinski definition) is 5. The van der Waals surface area contributed by atoms with E-state index in [0.717, 1.165) is 10.6 Å². The average Bonchev–Trinajstić information content (AvgIpc) is 2.62. The van der Waals surface area contributed by atoms with E-state index in [1.165, 1.54) is 11.3 Å². The molecule has 0 amide bonds. The predicted molar refractivity (Wildman–Crippen MR) is 62.3 cm³/mol. The molecule has 16 heavy (non-hydrogen) atoms. The van der Waals surface area contributed by atoms with Crippen LogP contribution in [0.5, 0.6) is 0 Å². The molecular weight excluding hydrogens is 246 g/mol. The summed E-state index contributed by atoms with van der Waals surface area (Å²) in [5, 5.41) is 7.71. The van der Waals surface area contributed by atoms with Crippen LogP contribution in [-0.2, 0) is 16.6 Å². The number of sulfonamides is 1. The topological polar surface area (TPSA) is 82.8 Å². The minimum Gasteiger partial charge on any atom is -0.250 e.